The summed E-state index contributed by atoms with van der Waals surface area (Å²) in [4.78, 5) is 18.5. The maximum absolute atomic E-state index is 12.1. The molecule has 0 radical (unpaired) electrons. The molecule has 2 heterocycles. The lowest BCUT2D eigenvalue weighted by atomic mass is 10.5. The Morgan fingerprint density at radius 3 is 1.84 bits per heavy atom. The highest BCUT2D eigenvalue weighted by atomic mass is 35.5. The Bertz CT molecular complexity index is 281. The molecule has 0 aromatic heterocycles. The number of nitrogens with zero attached hydrogens (tertiary/aromatic N) is 3. The monoisotopic (exact) mass is 348 g/mol. The minimum Gasteiger partial charge on any atom is -0.322 e. The number of carbonyl (C=O) groups is 1. The van der Waals surface area contributed by atoms with Gasteiger partial charge in [-0.25, -0.2) is 0 Å². The van der Waals surface area contributed by atoms with Gasteiger partial charge < -0.3 is 5.73 Å². The van der Waals surface area contributed by atoms with Gasteiger partial charge in [0, 0.05) is 24.6 Å². The van der Waals surface area contributed by atoms with Crippen molar-refractivity contribution in [3.8, 4) is 0 Å². The first-order chi connectivity index (χ1) is 8.15. The summed E-state index contributed by atoms with van der Waals surface area (Å²) in [5.74, 6) is 2.20. The van der Waals surface area contributed by atoms with Gasteiger partial charge in [-0.3, -0.25) is 19.5 Å². The second-order valence-electron chi connectivity index (χ2n) is 4.36. The van der Waals surface area contributed by atoms with Gasteiger partial charge in [-0.2, -0.15) is 0 Å². The van der Waals surface area contributed by atoms with Crippen LogP contribution in [0.2, 0.25) is 0 Å². The van der Waals surface area contributed by atoms with E-state index in [-0.39, 0.29) is 48.3 Å². The Balaban J connectivity index is 0.00000162. The van der Waals surface area contributed by atoms with Crippen LogP contribution in [0.3, 0.4) is 0 Å². The van der Waals surface area contributed by atoms with Crippen LogP contribution in [0.4, 0.5) is 0 Å². The zero-order valence-electron chi connectivity index (χ0n) is 11.2. The molecule has 2 rings (SSSR count). The van der Waals surface area contributed by atoms with Crippen LogP contribution in [0, 0.1) is 0 Å². The van der Waals surface area contributed by atoms with Gasteiger partial charge in [0.05, 0.1) is 6.54 Å². The lowest BCUT2D eigenvalue weighted by Crippen LogP contribution is -2.54. The van der Waals surface area contributed by atoms with E-state index >= 15 is 0 Å². The molecule has 114 valence electrons. The third kappa shape index (κ3) is 4.30. The molecule has 2 aliphatic heterocycles. The van der Waals surface area contributed by atoms with Crippen molar-refractivity contribution in [3.05, 3.63) is 0 Å². The van der Waals surface area contributed by atoms with E-state index in [9.17, 15) is 4.79 Å². The zero-order valence-corrected chi connectivity index (χ0v) is 14.4. The molecule has 0 aliphatic carbocycles. The fraction of sp³-hybridized carbons (Fsp3) is 0.900. The maximum atomic E-state index is 12.1. The summed E-state index contributed by atoms with van der Waals surface area (Å²) < 4.78 is 0. The van der Waals surface area contributed by atoms with E-state index < -0.39 is 0 Å². The largest absolute Gasteiger partial charge is 0.322 e. The highest BCUT2D eigenvalue weighted by molar-refractivity contribution is 8.00. The summed E-state index contributed by atoms with van der Waals surface area (Å²) in [6.07, 6.45) is 0. The molecular formula is C10H22Cl2N4OS2. The first-order valence-corrected chi connectivity index (χ1v) is 7.90. The average Bonchev–Trinajstić information content (AvgIpc) is 2.90. The van der Waals surface area contributed by atoms with E-state index in [4.69, 9.17) is 5.73 Å². The van der Waals surface area contributed by atoms with Crippen LogP contribution in [0.25, 0.3) is 0 Å². The predicted octanol–water partition coefficient (Wildman–Crippen LogP) is 0.542. The van der Waals surface area contributed by atoms with Gasteiger partial charge in [0.15, 0.2) is 0 Å². The molecule has 2 aliphatic rings. The number of rotatable bonds is 3. The molecule has 2 unspecified atom stereocenters. The van der Waals surface area contributed by atoms with Crippen LogP contribution in [-0.2, 0) is 4.79 Å². The smallest absolute Gasteiger partial charge is 0.240 e. The molecule has 2 atom stereocenters. The molecular weight excluding hydrogens is 327 g/mol. The van der Waals surface area contributed by atoms with Gasteiger partial charge in [0.1, 0.15) is 11.0 Å². The average molecular weight is 349 g/mol. The van der Waals surface area contributed by atoms with Gasteiger partial charge >= 0.3 is 0 Å². The molecule has 2 fully saturated rings. The molecule has 0 aromatic rings. The molecule has 0 spiro atoms. The van der Waals surface area contributed by atoms with Gasteiger partial charge in [0.2, 0.25) is 5.91 Å². The van der Waals surface area contributed by atoms with E-state index in [2.05, 4.69) is 23.9 Å². The molecule has 19 heavy (non-hydrogen) atoms. The van der Waals surface area contributed by atoms with Crippen molar-refractivity contribution in [3.63, 3.8) is 0 Å². The van der Waals surface area contributed by atoms with Crippen LogP contribution in [0.5, 0.6) is 0 Å². The fourth-order valence-corrected chi connectivity index (χ4v) is 4.92. The predicted molar refractivity (Wildman–Crippen MR) is 88.1 cm³/mol. The summed E-state index contributed by atoms with van der Waals surface area (Å²) >= 11 is 3.65. The number of thioether (sulfide) groups is 2. The van der Waals surface area contributed by atoms with Crippen molar-refractivity contribution in [2.75, 3.05) is 45.2 Å². The van der Waals surface area contributed by atoms with E-state index in [0.29, 0.717) is 0 Å². The second kappa shape index (κ2) is 8.81. The molecule has 1 amide bonds. The summed E-state index contributed by atoms with van der Waals surface area (Å²) in [6.45, 7) is 2.16. The Kier molecular flexibility index (Phi) is 9.11. The number of halogens is 2. The summed E-state index contributed by atoms with van der Waals surface area (Å²) in [5, 5.41) is 0. The summed E-state index contributed by atoms with van der Waals surface area (Å²) in [7, 11) is 4.14. The van der Waals surface area contributed by atoms with E-state index in [1.165, 1.54) is 0 Å². The molecule has 5 nitrogen and oxygen atoms in total. The fourth-order valence-electron chi connectivity index (χ4n) is 2.13. The summed E-state index contributed by atoms with van der Waals surface area (Å²) in [5.41, 5.74) is 5.84. The first kappa shape index (κ1) is 19.6. The van der Waals surface area contributed by atoms with E-state index in [1.807, 2.05) is 28.4 Å². The molecule has 0 saturated carbocycles. The van der Waals surface area contributed by atoms with E-state index in [1.54, 1.807) is 0 Å². The Hall–Kier alpha value is 0.630. The zero-order chi connectivity index (χ0) is 12.4. The highest BCUT2D eigenvalue weighted by Crippen LogP contribution is 2.33. The lowest BCUT2D eigenvalue weighted by Gasteiger charge is -2.38. The highest BCUT2D eigenvalue weighted by Gasteiger charge is 2.39. The van der Waals surface area contributed by atoms with Crippen LogP contribution < -0.4 is 5.73 Å². The van der Waals surface area contributed by atoms with Crippen LogP contribution in [0.1, 0.15) is 0 Å². The number of carbonyl (C=O) groups excluding carboxylic acids is 1. The second-order valence-corrected chi connectivity index (χ2v) is 6.69. The molecule has 9 heteroatoms. The number of amides is 1. The van der Waals surface area contributed by atoms with Gasteiger partial charge in [0.25, 0.3) is 0 Å². The number of nitrogens with two attached hydrogens (primary N) is 1. The SMILES string of the molecule is CN1CCSC1N(C(=O)CN)C1SCCN1C.Cl.Cl. The van der Waals surface area contributed by atoms with Crippen molar-refractivity contribution in [1.82, 2.24) is 14.7 Å². The van der Waals surface area contributed by atoms with Gasteiger partial charge in [-0.15, -0.1) is 48.3 Å². The maximum Gasteiger partial charge on any atom is 0.240 e. The van der Waals surface area contributed by atoms with Crippen LogP contribution in [0.15, 0.2) is 0 Å². The number of hydrogen-bond donors (Lipinski definition) is 1. The molecule has 0 aromatic carbocycles. The van der Waals surface area contributed by atoms with E-state index in [0.717, 1.165) is 24.6 Å². The standard InChI is InChI=1S/C10H20N4OS2.2ClH/c1-12-3-5-16-9(12)14(8(15)7-11)10-13(2)4-6-17-10;;/h9-10H,3-7,11H2,1-2H3;2*1H. The summed E-state index contributed by atoms with van der Waals surface area (Å²) in [6, 6.07) is 0. The van der Waals surface area contributed by atoms with Crippen molar-refractivity contribution >= 4 is 54.2 Å². The Morgan fingerprint density at radius 1 is 1.16 bits per heavy atom. The van der Waals surface area contributed by atoms with Crippen LogP contribution >= 0.6 is 48.3 Å². The lowest BCUT2D eigenvalue weighted by molar-refractivity contribution is -0.135. The number of hydrogen-bond acceptors (Lipinski definition) is 6. The van der Waals surface area contributed by atoms with Crippen LogP contribution in [-0.4, -0.2) is 76.8 Å². The third-order valence-corrected chi connectivity index (χ3v) is 5.72. The molecule has 0 bridgehead atoms. The Morgan fingerprint density at radius 2 is 1.58 bits per heavy atom. The topological polar surface area (TPSA) is 52.8 Å². The van der Waals surface area contributed by atoms with Crippen molar-refractivity contribution in [1.29, 1.82) is 0 Å². The van der Waals surface area contributed by atoms with Crippen molar-refractivity contribution in [2.24, 2.45) is 5.73 Å². The minimum absolute atomic E-state index is 0. The van der Waals surface area contributed by atoms with Crippen molar-refractivity contribution in [2.45, 2.75) is 11.0 Å². The first-order valence-electron chi connectivity index (χ1n) is 5.80. The third-order valence-electron chi connectivity index (χ3n) is 3.11. The normalized spacial score (nSPS) is 27.7. The van der Waals surface area contributed by atoms with Crippen molar-refractivity contribution < 1.29 is 4.79 Å². The van der Waals surface area contributed by atoms with Gasteiger partial charge in [-0.1, -0.05) is 0 Å². The van der Waals surface area contributed by atoms with Gasteiger partial charge in [-0.05, 0) is 14.1 Å². The molecule has 2 N–H and O–H groups in total. The quantitative estimate of drug-likeness (QED) is 0.803. The minimum atomic E-state index is 0. The molecule has 2 saturated heterocycles. The Labute approximate surface area is 135 Å².